The molecule has 1 N–H and O–H groups in total. The second-order valence-electron chi connectivity index (χ2n) is 6.29. The van der Waals surface area contributed by atoms with Gasteiger partial charge in [-0.3, -0.25) is 19.2 Å². The van der Waals surface area contributed by atoms with Crippen LogP contribution >= 0.6 is 0 Å². The lowest BCUT2D eigenvalue weighted by atomic mass is 10.1. The minimum atomic E-state index is -3.91. The molecule has 0 bridgehead atoms. The first-order chi connectivity index (χ1) is 13.0. The van der Waals surface area contributed by atoms with E-state index in [1.807, 2.05) is 0 Å². The van der Waals surface area contributed by atoms with Gasteiger partial charge in [0.15, 0.2) is 0 Å². The van der Waals surface area contributed by atoms with Crippen LogP contribution in [0.2, 0.25) is 0 Å². The third-order valence-electron chi connectivity index (χ3n) is 4.11. The zero-order chi connectivity index (χ0) is 21.1. The Morgan fingerprint density at radius 1 is 1.18 bits per heavy atom. The molecule has 2 rings (SSSR count). The van der Waals surface area contributed by atoms with Crippen molar-refractivity contribution < 1.29 is 22.5 Å². The monoisotopic (exact) mass is 409 g/mol. The molecule has 150 valence electrons. The van der Waals surface area contributed by atoms with Crippen LogP contribution in [0, 0.1) is 15.9 Å². The van der Waals surface area contributed by atoms with Crippen molar-refractivity contribution >= 4 is 27.3 Å². The number of nitro benzene ring substituents is 1. The summed E-state index contributed by atoms with van der Waals surface area (Å²) in [4.78, 5) is 23.0. The number of amides is 1. The molecule has 1 amide bonds. The topological polar surface area (TPSA) is 110 Å². The molecular formula is C18H20FN3O5S. The van der Waals surface area contributed by atoms with Crippen LogP contribution < -0.4 is 9.62 Å². The predicted octanol–water partition coefficient (Wildman–Crippen LogP) is 2.77. The number of halogens is 1. The molecule has 0 fully saturated rings. The van der Waals surface area contributed by atoms with Gasteiger partial charge in [-0.05, 0) is 37.6 Å². The molecule has 0 aliphatic rings. The Balaban J connectivity index is 2.29. The molecule has 2 atom stereocenters. The summed E-state index contributed by atoms with van der Waals surface area (Å²) in [6.07, 6.45) is 0.916. The van der Waals surface area contributed by atoms with Crippen LogP contribution in [-0.4, -0.2) is 31.5 Å². The van der Waals surface area contributed by atoms with Crippen LogP contribution in [0.3, 0.4) is 0 Å². The molecule has 0 saturated heterocycles. The highest BCUT2D eigenvalue weighted by Crippen LogP contribution is 2.25. The van der Waals surface area contributed by atoms with Crippen molar-refractivity contribution in [1.29, 1.82) is 0 Å². The van der Waals surface area contributed by atoms with Gasteiger partial charge in [0, 0.05) is 12.1 Å². The average molecular weight is 409 g/mol. The fourth-order valence-corrected chi connectivity index (χ4v) is 3.89. The molecule has 0 aliphatic heterocycles. The number of anilines is 1. The molecule has 10 heteroatoms. The normalized spacial score (nSPS) is 13.4. The Morgan fingerprint density at radius 2 is 1.79 bits per heavy atom. The van der Waals surface area contributed by atoms with E-state index in [-0.39, 0.29) is 11.4 Å². The number of carbonyl (C=O) groups is 1. The SMILES string of the molecule is C[C@@H](NC(=O)[C@H](C)N(c1cccc([N+](=O)[O-])c1)S(C)(=O)=O)c1ccc(F)cc1. The molecule has 2 aromatic carbocycles. The van der Waals surface area contributed by atoms with E-state index in [9.17, 15) is 27.7 Å². The second-order valence-corrected chi connectivity index (χ2v) is 8.15. The van der Waals surface area contributed by atoms with Crippen molar-refractivity contribution in [3.8, 4) is 0 Å². The lowest BCUT2D eigenvalue weighted by molar-refractivity contribution is -0.384. The Kier molecular flexibility index (Phi) is 6.34. The number of hydrogen-bond donors (Lipinski definition) is 1. The highest BCUT2D eigenvalue weighted by molar-refractivity contribution is 7.92. The third-order valence-corrected chi connectivity index (χ3v) is 5.35. The highest BCUT2D eigenvalue weighted by atomic mass is 32.2. The van der Waals surface area contributed by atoms with E-state index in [0.29, 0.717) is 5.56 Å². The number of benzene rings is 2. The number of sulfonamides is 1. The summed E-state index contributed by atoms with van der Waals surface area (Å²) in [5, 5.41) is 13.7. The van der Waals surface area contributed by atoms with Gasteiger partial charge in [0.05, 0.1) is 22.9 Å². The van der Waals surface area contributed by atoms with E-state index < -0.39 is 38.8 Å². The number of nitro groups is 1. The average Bonchev–Trinajstić information content (AvgIpc) is 2.61. The quantitative estimate of drug-likeness (QED) is 0.559. The van der Waals surface area contributed by atoms with E-state index in [1.54, 1.807) is 6.92 Å². The number of carbonyl (C=O) groups excluding carboxylic acids is 1. The molecule has 0 aliphatic carbocycles. The molecule has 8 nitrogen and oxygen atoms in total. The van der Waals surface area contributed by atoms with Crippen molar-refractivity contribution in [3.63, 3.8) is 0 Å². The summed E-state index contributed by atoms with van der Waals surface area (Å²) < 4.78 is 38.4. The first-order valence-corrected chi connectivity index (χ1v) is 10.1. The van der Waals surface area contributed by atoms with Gasteiger partial charge in [-0.15, -0.1) is 0 Å². The van der Waals surface area contributed by atoms with E-state index in [1.165, 1.54) is 49.4 Å². The van der Waals surface area contributed by atoms with Crippen LogP contribution in [0.4, 0.5) is 15.8 Å². The highest BCUT2D eigenvalue weighted by Gasteiger charge is 2.30. The summed E-state index contributed by atoms with van der Waals surface area (Å²) in [5.41, 5.74) is 0.357. The largest absolute Gasteiger partial charge is 0.348 e. The van der Waals surface area contributed by atoms with E-state index in [2.05, 4.69) is 5.32 Å². The smallest absolute Gasteiger partial charge is 0.271 e. The van der Waals surface area contributed by atoms with Gasteiger partial charge < -0.3 is 5.32 Å². The standard InChI is InChI=1S/C18H20FN3O5S/c1-12(14-7-9-15(19)10-8-14)20-18(23)13(2)21(28(3,26)27)16-5-4-6-17(11-16)22(24)25/h4-13H,1-3H3,(H,20,23)/t12-,13+/m1/s1. The van der Waals surface area contributed by atoms with Crippen molar-refractivity contribution in [2.45, 2.75) is 25.9 Å². The molecule has 0 heterocycles. The van der Waals surface area contributed by atoms with Crippen molar-refractivity contribution in [1.82, 2.24) is 5.32 Å². The zero-order valence-corrected chi connectivity index (χ0v) is 16.3. The maximum atomic E-state index is 13.0. The lowest BCUT2D eigenvalue weighted by Gasteiger charge is -2.29. The molecule has 0 unspecified atom stereocenters. The zero-order valence-electron chi connectivity index (χ0n) is 15.5. The van der Waals surface area contributed by atoms with E-state index in [0.717, 1.165) is 16.6 Å². The Morgan fingerprint density at radius 3 is 2.32 bits per heavy atom. The maximum absolute atomic E-state index is 13.0. The first-order valence-electron chi connectivity index (χ1n) is 8.30. The van der Waals surface area contributed by atoms with Gasteiger partial charge >= 0.3 is 0 Å². The summed E-state index contributed by atoms with van der Waals surface area (Å²) in [6.45, 7) is 3.06. The molecule has 0 saturated carbocycles. The van der Waals surface area contributed by atoms with E-state index in [4.69, 9.17) is 0 Å². The number of nitrogens with one attached hydrogen (secondary N) is 1. The number of hydrogen-bond acceptors (Lipinski definition) is 5. The fourth-order valence-electron chi connectivity index (χ4n) is 2.72. The van der Waals surface area contributed by atoms with Crippen molar-refractivity contribution in [2.75, 3.05) is 10.6 Å². The van der Waals surface area contributed by atoms with Crippen LogP contribution in [0.25, 0.3) is 0 Å². The van der Waals surface area contributed by atoms with Crippen LogP contribution in [0.15, 0.2) is 48.5 Å². The minimum Gasteiger partial charge on any atom is -0.348 e. The Bertz CT molecular complexity index is 979. The van der Waals surface area contributed by atoms with Gasteiger partial charge in [-0.1, -0.05) is 18.2 Å². The summed E-state index contributed by atoms with van der Waals surface area (Å²) in [6, 6.07) is 8.92. The molecule has 0 aromatic heterocycles. The van der Waals surface area contributed by atoms with Crippen LogP contribution in [0.5, 0.6) is 0 Å². The van der Waals surface area contributed by atoms with E-state index >= 15 is 0 Å². The number of rotatable bonds is 7. The van der Waals surface area contributed by atoms with Gasteiger partial charge in [-0.25, -0.2) is 12.8 Å². The molecule has 2 aromatic rings. The maximum Gasteiger partial charge on any atom is 0.271 e. The summed E-state index contributed by atoms with van der Waals surface area (Å²) in [7, 11) is -3.91. The van der Waals surface area contributed by atoms with Gasteiger partial charge in [-0.2, -0.15) is 0 Å². The molecule has 28 heavy (non-hydrogen) atoms. The fraction of sp³-hybridized carbons (Fsp3) is 0.278. The predicted molar refractivity (Wildman–Crippen MR) is 103 cm³/mol. The van der Waals surface area contributed by atoms with Crippen molar-refractivity contribution in [2.24, 2.45) is 0 Å². The molecule has 0 radical (unpaired) electrons. The molecule has 0 spiro atoms. The van der Waals surface area contributed by atoms with Crippen molar-refractivity contribution in [3.05, 3.63) is 70.0 Å². The Hall–Kier alpha value is -3.01. The molecular weight excluding hydrogens is 389 g/mol. The Labute approximate surface area is 162 Å². The number of non-ortho nitro benzene ring substituents is 1. The van der Waals surface area contributed by atoms with Crippen LogP contribution in [0.1, 0.15) is 25.5 Å². The van der Waals surface area contributed by atoms with Crippen LogP contribution in [-0.2, 0) is 14.8 Å². The second kappa shape index (κ2) is 8.34. The van der Waals surface area contributed by atoms with Gasteiger partial charge in [0.25, 0.3) is 5.69 Å². The van der Waals surface area contributed by atoms with Gasteiger partial charge in [0.1, 0.15) is 11.9 Å². The summed E-state index contributed by atoms with van der Waals surface area (Å²) >= 11 is 0. The number of nitrogens with zero attached hydrogens (tertiary/aromatic N) is 2. The van der Waals surface area contributed by atoms with Gasteiger partial charge in [0.2, 0.25) is 15.9 Å². The summed E-state index contributed by atoms with van der Waals surface area (Å²) in [5.74, 6) is -1.02. The first kappa shape index (κ1) is 21.3. The minimum absolute atomic E-state index is 0.00813. The lowest BCUT2D eigenvalue weighted by Crippen LogP contribution is -2.48. The third kappa shape index (κ3) is 5.03.